The minimum Gasteiger partial charge on any atom is -0.452 e. The van der Waals surface area contributed by atoms with Gasteiger partial charge in [-0.05, 0) is 25.1 Å². The Kier molecular flexibility index (Phi) is 5.55. The smallest absolute Gasteiger partial charge is 0.312 e. The van der Waals surface area contributed by atoms with E-state index in [0.717, 1.165) is 6.07 Å². The van der Waals surface area contributed by atoms with Crippen LogP contribution in [-0.2, 0) is 20.7 Å². The Morgan fingerprint density at radius 2 is 2.07 bits per heavy atom. The Balaban J connectivity index is 1.61. The third-order valence-corrected chi connectivity index (χ3v) is 4.18. The zero-order valence-electron chi connectivity index (χ0n) is 14.5. The van der Waals surface area contributed by atoms with E-state index in [1.165, 1.54) is 19.1 Å². The van der Waals surface area contributed by atoms with Gasteiger partial charge in [-0.15, -0.1) is 0 Å². The van der Waals surface area contributed by atoms with E-state index >= 15 is 0 Å². The van der Waals surface area contributed by atoms with Gasteiger partial charge in [0, 0.05) is 17.5 Å². The topological polar surface area (TPSA) is 125 Å². The molecule has 3 aromatic rings. The van der Waals surface area contributed by atoms with Crippen LogP contribution >= 0.6 is 11.6 Å². The number of para-hydroxylation sites is 1. The molecule has 0 bridgehead atoms. The van der Waals surface area contributed by atoms with Crippen molar-refractivity contribution >= 4 is 45.8 Å². The second kappa shape index (κ2) is 8.05. The van der Waals surface area contributed by atoms with Crippen molar-refractivity contribution in [2.45, 2.75) is 19.4 Å². The standard InChI is InChI=1S/C18H14ClN3O6/c1-10(18(24)20-14-7-6-11(22(25)26)8-13(14)19)27-17(23)9-15-12-4-2-3-5-16(12)28-21-15/h2-8,10H,9H2,1H3,(H,20,24). The molecule has 1 N–H and O–H groups in total. The van der Waals surface area contributed by atoms with Gasteiger partial charge in [0.05, 0.1) is 22.1 Å². The van der Waals surface area contributed by atoms with Gasteiger partial charge in [-0.3, -0.25) is 19.7 Å². The van der Waals surface area contributed by atoms with Gasteiger partial charge in [0.1, 0.15) is 5.69 Å². The van der Waals surface area contributed by atoms with Gasteiger partial charge in [0.2, 0.25) is 0 Å². The number of nitro groups is 1. The van der Waals surface area contributed by atoms with Gasteiger partial charge in [-0.25, -0.2) is 0 Å². The predicted molar refractivity (Wildman–Crippen MR) is 100 cm³/mol. The molecular formula is C18H14ClN3O6. The number of hydrogen-bond donors (Lipinski definition) is 1. The number of non-ortho nitro benzene ring substituents is 1. The Morgan fingerprint density at radius 3 is 2.79 bits per heavy atom. The fraction of sp³-hybridized carbons (Fsp3) is 0.167. The first kappa shape index (κ1) is 19.3. The fourth-order valence-corrected chi connectivity index (χ4v) is 2.67. The predicted octanol–water partition coefficient (Wildman–Crippen LogP) is 3.50. The minimum atomic E-state index is -1.11. The lowest BCUT2D eigenvalue weighted by molar-refractivity contribution is -0.384. The van der Waals surface area contributed by atoms with Gasteiger partial charge < -0.3 is 14.6 Å². The van der Waals surface area contributed by atoms with Crippen molar-refractivity contribution in [2.75, 3.05) is 5.32 Å². The molecule has 0 saturated heterocycles. The van der Waals surface area contributed by atoms with Gasteiger partial charge in [0.25, 0.3) is 11.6 Å². The van der Waals surface area contributed by atoms with Crippen LogP contribution in [0.1, 0.15) is 12.6 Å². The molecule has 10 heteroatoms. The Morgan fingerprint density at radius 1 is 1.32 bits per heavy atom. The zero-order chi connectivity index (χ0) is 20.3. The molecule has 1 amide bonds. The second-order valence-electron chi connectivity index (χ2n) is 5.84. The first-order valence-electron chi connectivity index (χ1n) is 8.12. The van der Waals surface area contributed by atoms with E-state index < -0.39 is 22.9 Å². The molecule has 1 unspecified atom stereocenters. The van der Waals surface area contributed by atoms with Crippen molar-refractivity contribution in [3.63, 3.8) is 0 Å². The number of fused-ring (bicyclic) bond motifs is 1. The van der Waals surface area contributed by atoms with Crippen LogP contribution in [0.25, 0.3) is 11.0 Å². The number of rotatable bonds is 6. The van der Waals surface area contributed by atoms with E-state index in [1.807, 2.05) is 0 Å². The number of nitrogens with one attached hydrogen (secondary N) is 1. The van der Waals surface area contributed by atoms with E-state index in [1.54, 1.807) is 24.3 Å². The molecular weight excluding hydrogens is 390 g/mol. The third-order valence-electron chi connectivity index (χ3n) is 3.86. The highest BCUT2D eigenvalue weighted by Gasteiger charge is 2.21. The first-order valence-corrected chi connectivity index (χ1v) is 8.50. The Bertz CT molecular complexity index is 1060. The summed E-state index contributed by atoms with van der Waals surface area (Å²) in [5.74, 6) is -1.29. The van der Waals surface area contributed by atoms with Crippen LogP contribution < -0.4 is 5.32 Å². The van der Waals surface area contributed by atoms with Crippen LogP contribution in [0.4, 0.5) is 11.4 Å². The molecule has 9 nitrogen and oxygen atoms in total. The lowest BCUT2D eigenvalue weighted by Gasteiger charge is -2.14. The summed E-state index contributed by atoms with van der Waals surface area (Å²) in [6, 6.07) is 10.7. The summed E-state index contributed by atoms with van der Waals surface area (Å²) in [5, 5.41) is 17.7. The molecule has 2 aromatic carbocycles. The van der Waals surface area contributed by atoms with Crippen LogP contribution in [0.3, 0.4) is 0 Å². The number of amides is 1. The number of nitrogens with zero attached hydrogens (tertiary/aromatic N) is 2. The number of esters is 1. The summed E-state index contributed by atoms with van der Waals surface area (Å²) < 4.78 is 10.2. The molecule has 28 heavy (non-hydrogen) atoms. The number of hydrogen-bond acceptors (Lipinski definition) is 7. The molecule has 0 fully saturated rings. The summed E-state index contributed by atoms with van der Waals surface area (Å²) in [4.78, 5) is 34.5. The fourth-order valence-electron chi connectivity index (χ4n) is 2.45. The number of anilines is 1. The highest BCUT2D eigenvalue weighted by Crippen LogP contribution is 2.27. The van der Waals surface area contributed by atoms with E-state index in [-0.39, 0.29) is 22.8 Å². The summed E-state index contributed by atoms with van der Waals surface area (Å²) in [5.41, 5.74) is 0.917. The van der Waals surface area contributed by atoms with Crippen LogP contribution in [0, 0.1) is 10.1 Å². The quantitative estimate of drug-likeness (QED) is 0.379. The number of halogens is 1. The van der Waals surface area contributed by atoms with E-state index in [4.69, 9.17) is 20.9 Å². The molecule has 0 spiro atoms. The maximum absolute atomic E-state index is 12.2. The lowest BCUT2D eigenvalue weighted by Crippen LogP contribution is -2.30. The molecule has 144 valence electrons. The van der Waals surface area contributed by atoms with Gasteiger partial charge in [-0.2, -0.15) is 0 Å². The van der Waals surface area contributed by atoms with Gasteiger partial charge >= 0.3 is 5.97 Å². The summed E-state index contributed by atoms with van der Waals surface area (Å²) in [6.45, 7) is 1.40. The van der Waals surface area contributed by atoms with Crippen LogP contribution in [0.15, 0.2) is 47.0 Å². The molecule has 1 atom stereocenters. The van der Waals surface area contributed by atoms with E-state index in [2.05, 4.69) is 10.5 Å². The van der Waals surface area contributed by atoms with E-state index in [0.29, 0.717) is 16.7 Å². The maximum Gasteiger partial charge on any atom is 0.312 e. The number of carbonyl (C=O) groups is 2. The summed E-state index contributed by atoms with van der Waals surface area (Å²) in [6.07, 6.45) is -1.27. The molecule has 0 aliphatic heterocycles. The summed E-state index contributed by atoms with van der Waals surface area (Å²) in [7, 11) is 0. The van der Waals surface area contributed by atoms with Crippen molar-refractivity contribution in [1.82, 2.24) is 5.16 Å². The van der Waals surface area contributed by atoms with Crippen molar-refractivity contribution in [2.24, 2.45) is 0 Å². The lowest BCUT2D eigenvalue weighted by atomic mass is 10.2. The first-order chi connectivity index (χ1) is 13.3. The Hall–Kier alpha value is -3.46. The molecule has 0 aliphatic rings. The highest BCUT2D eigenvalue weighted by molar-refractivity contribution is 6.34. The Labute approximate surface area is 163 Å². The average Bonchev–Trinajstić information content (AvgIpc) is 3.06. The normalized spacial score (nSPS) is 11.8. The van der Waals surface area contributed by atoms with Crippen molar-refractivity contribution in [3.05, 3.63) is 63.3 Å². The van der Waals surface area contributed by atoms with Gasteiger partial charge in [-0.1, -0.05) is 28.9 Å². The second-order valence-corrected chi connectivity index (χ2v) is 6.25. The largest absolute Gasteiger partial charge is 0.452 e. The summed E-state index contributed by atoms with van der Waals surface area (Å²) >= 11 is 5.93. The van der Waals surface area contributed by atoms with Crippen LogP contribution in [-0.4, -0.2) is 28.1 Å². The zero-order valence-corrected chi connectivity index (χ0v) is 15.3. The molecule has 0 saturated carbocycles. The number of carbonyl (C=O) groups excluding carboxylic acids is 2. The van der Waals surface area contributed by atoms with E-state index in [9.17, 15) is 19.7 Å². The molecule has 1 heterocycles. The van der Waals surface area contributed by atoms with Crippen molar-refractivity contribution in [3.8, 4) is 0 Å². The molecule has 1 aromatic heterocycles. The number of ether oxygens (including phenoxy) is 1. The number of nitro benzene ring substituents is 1. The molecule has 0 radical (unpaired) electrons. The minimum absolute atomic E-state index is 0.00450. The SMILES string of the molecule is CC(OC(=O)Cc1noc2ccccc12)C(=O)Nc1ccc([N+](=O)[O-])cc1Cl. The van der Waals surface area contributed by atoms with Crippen LogP contribution in [0.5, 0.6) is 0 Å². The van der Waals surface area contributed by atoms with Crippen molar-refractivity contribution in [1.29, 1.82) is 0 Å². The van der Waals surface area contributed by atoms with Gasteiger partial charge in [0.15, 0.2) is 11.7 Å². The number of benzene rings is 2. The van der Waals surface area contributed by atoms with Crippen LogP contribution in [0.2, 0.25) is 5.02 Å². The maximum atomic E-state index is 12.2. The molecule has 0 aliphatic carbocycles. The third kappa shape index (κ3) is 4.26. The highest BCUT2D eigenvalue weighted by atomic mass is 35.5. The van der Waals surface area contributed by atoms with Crippen molar-refractivity contribution < 1.29 is 23.8 Å². The molecule has 3 rings (SSSR count). The monoisotopic (exact) mass is 403 g/mol. The average molecular weight is 404 g/mol. The number of aromatic nitrogens is 1.